The fourth-order valence-electron chi connectivity index (χ4n) is 4.69. The largest absolute Gasteiger partial charge is 0.244 e. The summed E-state index contributed by atoms with van der Waals surface area (Å²) in [6.07, 6.45) is 0. The van der Waals surface area contributed by atoms with Crippen LogP contribution < -0.4 is 0 Å². The van der Waals surface area contributed by atoms with Gasteiger partial charge in [-0.2, -0.15) is 0 Å². The second-order valence-electron chi connectivity index (χ2n) is 8.25. The smallest absolute Gasteiger partial charge is 0.0979 e. The van der Waals surface area contributed by atoms with Crippen LogP contribution in [0.5, 0.6) is 0 Å². The molecule has 2 aromatic heterocycles. The number of rotatable bonds is 2. The molecule has 0 saturated heterocycles. The summed E-state index contributed by atoms with van der Waals surface area (Å²) in [5, 5.41) is 5.06. The summed E-state index contributed by atoms with van der Waals surface area (Å²) >= 11 is 1.85. The fraction of sp³-hybridized carbons (Fsp3) is 0. The van der Waals surface area contributed by atoms with Crippen LogP contribution in [0.1, 0.15) is 0 Å². The van der Waals surface area contributed by atoms with Crippen molar-refractivity contribution >= 4 is 53.3 Å². The monoisotopic (exact) mass is 438 g/mol. The minimum Gasteiger partial charge on any atom is -0.244 e. The molecule has 0 aliphatic rings. The number of hydrogen-bond acceptors (Lipinski definition) is 3. The summed E-state index contributed by atoms with van der Waals surface area (Å²) in [7, 11) is 0. The Labute approximate surface area is 194 Å². The number of thiophene rings is 1. The molecule has 154 valence electrons. The molecule has 0 fully saturated rings. The first-order valence-electron chi connectivity index (χ1n) is 11.0. The maximum Gasteiger partial charge on any atom is 0.0979 e. The van der Waals surface area contributed by atoms with Gasteiger partial charge in [0.05, 0.1) is 22.4 Å². The highest BCUT2D eigenvalue weighted by atomic mass is 32.1. The van der Waals surface area contributed by atoms with Gasteiger partial charge in [0.15, 0.2) is 0 Å². The minimum absolute atomic E-state index is 0.909. The first-order valence-corrected chi connectivity index (χ1v) is 11.8. The van der Waals surface area contributed by atoms with E-state index < -0.39 is 0 Å². The maximum atomic E-state index is 5.14. The van der Waals surface area contributed by atoms with Gasteiger partial charge in [0.1, 0.15) is 0 Å². The van der Waals surface area contributed by atoms with Gasteiger partial charge in [-0.15, -0.1) is 11.3 Å². The van der Waals surface area contributed by atoms with Crippen LogP contribution in [-0.2, 0) is 0 Å². The Morgan fingerprint density at radius 1 is 0.485 bits per heavy atom. The normalized spacial score (nSPS) is 11.6. The predicted molar refractivity (Wildman–Crippen MR) is 141 cm³/mol. The van der Waals surface area contributed by atoms with Crippen LogP contribution in [0.2, 0.25) is 0 Å². The van der Waals surface area contributed by atoms with Gasteiger partial charge in [0, 0.05) is 31.3 Å². The molecule has 0 aliphatic carbocycles. The van der Waals surface area contributed by atoms with Crippen molar-refractivity contribution in [3.63, 3.8) is 0 Å². The Balaban J connectivity index is 1.58. The number of hydrogen-bond donors (Lipinski definition) is 0. The Kier molecular flexibility index (Phi) is 4.05. The van der Waals surface area contributed by atoms with Crippen molar-refractivity contribution in [2.75, 3.05) is 0 Å². The number of para-hydroxylation sites is 2. The van der Waals surface area contributed by atoms with Gasteiger partial charge in [-0.25, -0.2) is 9.97 Å². The van der Waals surface area contributed by atoms with Crippen LogP contribution in [0.25, 0.3) is 64.5 Å². The first-order chi connectivity index (χ1) is 16.3. The Morgan fingerprint density at radius 2 is 1.21 bits per heavy atom. The molecule has 0 amide bonds. The van der Waals surface area contributed by atoms with Crippen molar-refractivity contribution in [2.45, 2.75) is 0 Å². The number of aromatic nitrogens is 2. The van der Waals surface area contributed by atoms with Crippen molar-refractivity contribution in [3.8, 4) is 22.5 Å². The van der Waals surface area contributed by atoms with Crippen molar-refractivity contribution in [1.82, 2.24) is 9.97 Å². The first kappa shape index (κ1) is 18.5. The van der Waals surface area contributed by atoms with Gasteiger partial charge >= 0.3 is 0 Å². The number of fused-ring (bicyclic) bond motifs is 5. The third-order valence-corrected chi connectivity index (χ3v) is 7.38. The van der Waals surface area contributed by atoms with Gasteiger partial charge < -0.3 is 0 Å². The molecule has 33 heavy (non-hydrogen) atoms. The molecule has 0 aliphatic heterocycles. The van der Waals surface area contributed by atoms with E-state index in [2.05, 4.69) is 78.9 Å². The molecule has 7 rings (SSSR count). The van der Waals surface area contributed by atoms with E-state index in [0.717, 1.165) is 33.5 Å². The van der Waals surface area contributed by atoms with E-state index in [1.54, 1.807) is 0 Å². The van der Waals surface area contributed by atoms with Crippen molar-refractivity contribution in [2.24, 2.45) is 0 Å². The second-order valence-corrected chi connectivity index (χ2v) is 9.33. The van der Waals surface area contributed by atoms with E-state index in [4.69, 9.17) is 9.97 Å². The van der Waals surface area contributed by atoms with E-state index in [1.807, 2.05) is 41.7 Å². The average molecular weight is 439 g/mol. The van der Waals surface area contributed by atoms with Gasteiger partial charge in [-0.05, 0) is 41.1 Å². The molecule has 7 aromatic rings. The van der Waals surface area contributed by atoms with Crippen LogP contribution in [0.3, 0.4) is 0 Å². The van der Waals surface area contributed by atoms with E-state index in [0.29, 0.717) is 0 Å². The predicted octanol–water partition coefficient (Wildman–Crippen LogP) is 8.48. The lowest BCUT2D eigenvalue weighted by Crippen LogP contribution is -1.96. The highest BCUT2D eigenvalue weighted by molar-refractivity contribution is 7.25. The molecular weight excluding hydrogens is 420 g/mol. The van der Waals surface area contributed by atoms with E-state index >= 15 is 0 Å². The second kappa shape index (κ2) is 7.22. The third kappa shape index (κ3) is 2.94. The lowest BCUT2D eigenvalue weighted by Gasteiger charge is -2.13. The van der Waals surface area contributed by atoms with Crippen LogP contribution >= 0.6 is 11.3 Å². The van der Waals surface area contributed by atoms with Crippen molar-refractivity contribution < 1.29 is 0 Å². The molecule has 2 nitrogen and oxygen atoms in total. The van der Waals surface area contributed by atoms with Crippen LogP contribution in [-0.4, -0.2) is 9.97 Å². The SMILES string of the molecule is c1ccc(-c2nc3ccccc3nc2-c2cccc3cc4c(cc23)sc2ccccc24)cc1. The molecule has 0 bridgehead atoms. The lowest BCUT2D eigenvalue weighted by atomic mass is 9.97. The molecule has 0 radical (unpaired) electrons. The summed E-state index contributed by atoms with van der Waals surface area (Å²) in [5.41, 5.74) is 5.85. The van der Waals surface area contributed by atoms with Gasteiger partial charge in [-0.1, -0.05) is 78.9 Å². The summed E-state index contributed by atoms with van der Waals surface area (Å²) in [6.45, 7) is 0. The summed E-state index contributed by atoms with van der Waals surface area (Å²) in [5.74, 6) is 0. The van der Waals surface area contributed by atoms with Crippen molar-refractivity contribution in [1.29, 1.82) is 0 Å². The molecular formula is C30H18N2S. The topological polar surface area (TPSA) is 25.8 Å². The van der Waals surface area contributed by atoms with Crippen LogP contribution in [0.4, 0.5) is 0 Å². The van der Waals surface area contributed by atoms with Crippen molar-refractivity contribution in [3.05, 3.63) is 109 Å². The standard InChI is InChI=1S/C30H18N2S/c1-2-9-19(10-3-1)29-30(32-26-15-6-5-14-25(26)31-29)22-13-8-11-20-17-24-21-12-4-7-16-27(21)33-28(24)18-23(20)22/h1-18H. The van der Waals surface area contributed by atoms with E-state index in [1.165, 1.54) is 30.9 Å². The lowest BCUT2D eigenvalue weighted by molar-refractivity contribution is 1.30. The molecule has 0 unspecified atom stereocenters. The molecule has 0 spiro atoms. The molecule has 5 aromatic carbocycles. The highest BCUT2D eigenvalue weighted by Crippen LogP contribution is 2.40. The number of nitrogens with zero attached hydrogens (tertiary/aromatic N) is 2. The van der Waals surface area contributed by atoms with Crippen LogP contribution in [0, 0.1) is 0 Å². The van der Waals surface area contributed by atoms with E-state index in [9.17, 15) is 0 Å². The molecule has 0 saturated carbocycles. The Bertz CT molecular complexity index is 1820. The van der Waals surface area contributed by atoms with Crippen LogP contribution in [0.15, 0.2) is 109 Å². The van der Waals surface area contributed by atoms with Gasteiger partial charge in [-0.3, -0.25) is 0 Å². The van der Waals surface area contributed by atoms with E-state index in [-0.39, 0.29) is 0 Å². The summed E-state index contributed by atoms with van der Waals surface area (Å²) < 4.78 is 2.62. The molecule has 0 atom stereocenters. The maximum absolute atomic E-state index is 5.14. The Morgan fingerprint density at radius 3 is 2.06 bits per heavy atom. The third-order valence-electron chi connectivity index (χ3n) is 6.25. The summed E-state index contributed by atoms with van der Waals surface area (Å²) in [4.78, 5) is 10.2. The highest BCUT2D eigenvalue weighted by Gasteiger charge is 2.16. The summed E-state index contributed by atoms with van der Waals surface area (Å²) in [6, 6.07) is 38.3. The Hall–Kier alpha value is -4.08. The molecule has 0 N–H and O–H groups in total. The zero-order valence-electron chi connectivity index (χ0n) is 17.7. The fourth-order valence-corrected chi connectivity index (χ4v) is 5.82. The number of benzene rings is 5. The molecule has 3 heteroatoms. The average Bonchev–Trinajstić information content (AvgIpc) is 3.24. The minimum atomic E-state index is 0.909. The molecule has 2 heterocycles. The van der Waals surface area contributed by atoms with Gasteiger partial charge in [0.25, 0.3) is 0 Å². The van der Waals surface area contributed by atoms with Gasteiger partial charge in [0.2, 0.25) is 0 Å². The zero-order chi connectivity index (χ0) is 21.8. The zero-order valence-corrected chi connectivity index (χ0v) is 18.5. The quantitative estimate of drug-likeness (QED) is 0.270.